The van der Waals surface area contributed by atoms with Gasteiger partial charge in [-0.1, -0.05) is 11.6 Å². The van der Waals surface area contributed by atoms with Crippen molar-refractivity contribution in [3.8, 4) is 0 Å². The number of aromatic nitrogens is 2. The van der Waals surface area contributed by atoms with Gasteiger partial charge in [-0.05, 0) is 0 Å². The van der Waals surface area contributed by atoms with Gasteiger partial charge in [0.1, 0.15) is 17.3 Å². The van der Waals surface area contributed by atoms with Gasteiger partial charge >= 0.3 is 0 Å². The lowest BCUT2D eigenvalue weighted by Gasteiger charge is -2.15. The third-order valence-electron chi connectivity index (χ3n) is 2.07. The molecule has 1 amide bonds. The van der Waals surface area contributed by atoms with Crippen LogP contribution in [0.1, 0.15) is 5.56 Å². The summed E-state index contributed by atoms with van der Waals surface area (Å²) in [6.07, 6.45) is 1.40. The van der Waals surface area contributed by atoms with Crippen LogP contribution in [-0.4, -0.2) is 29.5 Å². The summed E-state index contributed by atoms with van der Waals surface area (Å²) in [5.41, 5.74) is 0.766. The molecular weight excluding hydrogens is 204 g/mol. The molecular formula is C8H9ClN4O. The summed E-state index contributed by atoms with van der Waals surface area (Å²) >= 11 is 5.90. The Balaban J connectivity index is 2.48. The van der Waals surface area contributed by atoms with E-state index in [4.69, 9.17) is 11.6 Å². The summed E-state index contributed by atoms with van der Waals surface area (Å²) in [6.45, 7) is 0.679. The molecule has 6 heteroatoms. The fourth-order valence-electron chi connectivity index (χ4n) is 1.40. The first-order valence-corrected chi connectivity index (χ1v) is 4.53. The van der Waals surface area contributed by atoms with Gasteiger partial charge in [-0.3, -0.25) is 4.79 Å². The van der Waals surface area contributed by atoms with Crippen LogP contribution in [0.4, 0.5) is 5.82 Å². The molecule has 0 aromatic carbocycles. The molecule has 1 aliphatic heterocycles. The van der Waals surface area contributed by atoms with Crippen molar-refractivity contribution in [2.24, 2.45) is 0 Å². The minimum Gasteiger partial charge on any atom is -0.350 e. The zero-order valence-corrected chi connectivity index (χ0v) is 8.38. The van der Waals surface area contributed by atoms with Crippen LogP contribution in [0.25, 0.3) is 0 Å². The van der Waals surface area contributed by atoms with Crippen LogP contribution in [0.2, 0.25) is 5.15 Å². The van der Waals surface area contributed by atoms with Crippen LogP contribution in [0, 0.1) is 0 Å². The first-order valence-electron chi connectivity index (χ1n) is 4.15. The van der Waals surface area contributed by atoms with Crippen LogP contribution in [0.5, 0.6) is 0 Å². The molecule has 1 aromatic heterocycles. The van der Waals surface area contributed by atoms with E-state index in [0.29, 0.717) is 24.1 Å². The van der Waals surface area contributed by atoms with E-state index in [-0.39, 0.29) is 5.91 Å². The summed E-state index contributed by atoms with van der Waals surface area (Å²) in [4.78, 5) is 20.9. The Morgan fingerprint density at radius 2 is 2.36 bits per heavy atom. The molecule has 5 nitrogen and oxygen atoms in total. The van der Waals surface area contributed by atoms with Crippen molar-refractivity contribution < 1.29 is 4.79 Å². The number of nitrogens with zero attached hydrogens (tertiary/aromatic N) is 3. The molecule has 0 bridgehead atoms. The predicted molar refractivity (Wildman–Crippen MR) is 52.2 cm³/mol. The second kappa shape index (κ2) is 3.42. The predicted octanol–water partition coefficient (Wildman–Crippen LogP) is 0.196. The number of halogens is 1. The van der Waals surface area contributed by atoms with E-state index >= 15 is 0 Å². The number of carbonyl (C=O) groups excluding carboxylic acids is 1. The highest BCUT2D eigenvalue weighted by Gasteiger charge is 2.19. The Kier molecular flexibility index (Phi) is 2.25. The van der Waals surface area contributed by atoms with Gasteiger partial charge < -0.3 is 10.2 Å². The standard InChI is InChI=1S/C8H9ClN4O/c1-13-3-6(14)10-2-5-7(9)11-4-12-8(5)13/h4H,2-3H2,1H3,(H,10,14). The molecule has 0 saturated heterocycles. The maximum absolute atomic E-state index is 11.2. The zero-order valence-electron chi connectivity index (χ0n) is 7.62. The number of hydrogen-bond acceptors (Lipinski definition) is 4. The second-order valence-electron chi connectivity index (χ2n) is 3.10. The number of nitrogens with one attached hydrogen (secondary N) is 1. The Hall–Kier alpha value is -1.36. The smallest absolute Gasteiger partial charge is 0.239 e. The lowest BCUT2D eigenvalue weighted by molar-refractivity contribution is -0.119. The largest absolute Gasteiger partial charge is 0.350 e. The molecule has 2 heterocycles. The van der Waals surface area contributed by atoms with Crippen molar-refractivity contribution in [3.05, 3.63) is 17.0 Å². The fraction of sp³-hybridized carbons (Fsp3) is 0.375. The second-order valence-corrected chi connectivity index (χ2v) is 3.46. The minimum atomic E-state index is -0.0402. The Morgan fingerprint density at radius 1 is 1.57 bits per heavy atom. The maximum atomic E-state index is 11.2. The molecule has 0 spiro atoms. The van der Waals surface area contributed by atoms with Crippen molar-refractivity contribution in [2.75, 3.05) is 18.5 Å². The normalized spacial score (nSPS) is 15.9. The highest BCUT2D eigenvalue weighted by atomic mass is 35.5. The Morgan fingerprint density at radius 3 is 3.14 bits per heavy atom. The van der Waals surface area contributed by atoms with Gasteiger partial charge in [0.25, 0.3) is 0 Å². The average molecular weight is 213 g/mol. The molecule has 0 fully saturated rings. The van der Waals surface area contributed by atoms with Gasteiger partial charge in [0, 0.05) is 13.6 Å². The third-order valence-corrected chi connectivity index (χ3v) is 2.40. The first-order chi connectivity index (χ1) is 6.68. The Labute approximate surface area is 86.1 Å². The first kappa shape index (κ1) is 9.21. The fourth-order valence-corrected chi connectivity index (χ4v) is 1.59. The van der Waals surface area contributed by atoms with Crippen molar-refractivity contribution >= 4 is 23.3 Å². The molecule has 1 aliphatic rings. The SMILES string of the molecule is CN1CC(=O)NCc2c(Cl)ncnc21. The lowest BCUT2D eigenvalue weighted by atomic mass is 10.3. The van der Waals surface area contributed by atoms with Gasteiger partial charge in [-0.15, -0.1) is 0 Å². The van der Waals surface area contributed by atoms with E-state index in [1.165, 1.54) is 6.33 Å². The molecule has 1 N–H and O–H groups in total. The van der Waals surface area contributed by atoms with E-state index in [1.54, 1.807) is 11.9 Å². The van der Waals surface area contributed by atoms with E-state index in [9.17, 15) is 4.79 Å². The summed E-state index contributed by atoms with van der Waals surface area (Å²) in [5, 5.41) is 3.12. The van der Waals surface area contributed by atoms with Gasteiger partial charge in [0.05, 0.1) is 12.1 Å². The van der Waals surface area contributed by atoms with Crippen molar-refractivity contribution in [2.45, 2.75) is 6.54 Å². The zero-order chi connectivity index (χ0) is 10.1. The summed E-state index contributed by atoms with van der Waals surface area (Å²) < 4.78 is 0. The molecule has 0 atom stereocenters. The summed E-state index contributed by atoms with van der Waals surface area (Å²) in [5.74, 6) is 0.671. The number of anilines is 1. The van der Waals surface area contributed by atoms with Gasteiger partial charge in [-0.25, -0.2) is 9.97 Å². The van der Waals surface area contributed by atoms with Crippen LogP contribution in [-0.2, 0) is 11.3 Å². The number of rotatable bonds is 0. The van der Waals surface area contributed by atoms with Gasteiger partial charge in [0.15, 0.2) is 0 Å². The van der Waals surface area contributed by atoms with Crippen LogP contribution in [0.15, 0.2) is 6.33 Å². The van der Waals surface area contributed by atoms with E-state index in [2.05, 4.69) is 15.3 Å². The quantitative estimate of drug-likeness (QED) is 0.624. The maximum Gasteiger partial charge on any atom is 0.239 e. The van der Waals surface area contributed by atoms with E-state index in [1.807, 2.05) is 0 Å². The van der Waals surface area contributed by atoms with E-state index < -0.39 is 0 Å². The molecule has 74 valence electrons. The Bertz CT molecular complexity index is 382. The highest BCUT2D eigenvalue weighted by molar-refractivity contribution is 6.30. The van der Waals surface area contributed by atoms with Crippen LogP contribution < -0.4 is 10.2 Å². The van der Waals surface area contributed by atoms with Gasteiger partial charge in [-0.2, -0.15) is 0 Å². The van der Waals surface area contributed by atoms with Gasteiger partial charge in [0.2, 0.25) is 5.91 Å². The summed E-state index contributed by atoms with van der Waals surface area (Å²) in [6, 6.07) is 0. The molecule has 1 aromatic rings. The molecule has 0 unspecified atom stereocenters. The minimum absolute atomic E-state index is 0.0402. The number of likely N-dealkylation sites (N-methyl/N-ethyl adjacent to an activating group) is 1. The molecule has 2 rings (SSSR count). The number of carbonyl (C=O) groups is 1. The molecule has 14 heavy (non-hydrogen) atoms. The number of fused-ring (bicyclic) bond motifs is 1. The average Bonchev–Trinajstić information content (AvgIpc) is 2.28. The molecule has 0 radical (unpaired) electrons. The van der Waals surface area contributed by atoms with Crippen molar-refractivity contribution in [3.63, 3.8) is 0 Å². The monoisotopic (exact) mass is 212 g/mol. The van der Waals surface area contributed by atoms with Crippen molar-refractivity contribution in [1.29, 1.82) is 0 Å². The highest BCUT2D eigenvalue weighted by Crippen LogP contribution is 2.23. The number of amides is 1. The lowest BCUT2D eigenvalue weighted by Crippen LogP contribution is -2.31. The van der Waals surface area contributed by atoms with Crippen LogP contribution >= 0.6 is 11.6 Å². The molecule has 0 aliphatic carbocycles. The number of hydrogen-bond donors (Lipinski definition) is 1. The van der Waals surface area contributed by atoms with E-state index in [0.717, 1.165) is 5.56 Å². The van der Waals surface area contributed by atoms with Crippen molar-refractivity contribution in [1.82, 2.24) is 15.3 Å². The topological polar surface area (TPSA) is 58.1 Å². The van der Waals surface area contributed by atoms with Crippen LogP contribution in [0.3, 0.4) is 0 Å². The molecule has 0 saturated carbocycles. The summed E-state index contributed by atoms with van der Waals surface area (Å²) in [7, 11) is 1.80. The third kappa shape index (κ3) is 1.50.